The molecular weight excluding hydrogens is 256 g/mol. The number of hydrogen-bond acceptors (Lipinski definition) is 4. The highest BCUT2D eigenvalue weighted by atomic mass is 16.5. The normalized spacial score (nSPS) is 10.2. The van der Waals surface area contributed by atoms with Crippen molar-refractivity contribution in [2.75, 3.05) is 39.5 Å². The summed E-state index contributed by atoms with van der Waals surface area (Å²) in [5.41, 5.74) is 6.89. The molecule has 0 unspecified atom stereocenters. The Kier molecular flexibility index (Phi) is 8.30. The molecule has 0 saturated heterocycles. The van der Waals surface area contributed by atoms with Gasteiger partial charge in [0.15, 0.2) is 0 Å². The third-order valence-corrected chi connectivity index (χ3v) is 2.57. The standard InChI is InChI=1S/C15H22N2O3/c1-2-13-3-5-14(6-4-13)15(18)17-8-10-20-12-11-19-9-7-16/h2-6H,1,7-12,16H2,(H,17,18). The molecule has 1 amide bonds. The molecule has 3 N–H and O–H groups in total. The predicted molar refractivity (Wildman–Crippen MR) is 79.6 cm³/mol. The van der Waals surface area contributed by atoms with Crippen molar-refractivity contribution in [2.24, 2.45) is 5.73 Å². The summed E-state index contributed by atoms with van der Waals surface area (Å²) in [5, 5.41) is 2.79. The van der Waals surface area contributed by atoms with Crippen molar-refractivity contribution in [3.05, 3.63) is 42.0 Å². The smallest absolute Gasteiger partial charge is 0.251 e. The average molecular weight is 278 g/mol. The summed E-state index contributed by atoms with van der Waals surface area (Å²) in [6.07, 6.45) is 1.74. The van der Waals surface area contributed by atoms with Crippen LogP contribution < -0.4 is 11.1 Å². The van der Waals surface area contributed by atoms with Gasteiger partial charge >= 0.3 is 0 Å². The number of benzene rings is 1. The molecule has 0 bridgehead atoms. The van der Waals surface area contributed by atoms with Crippen LogP contribution in [0.15, 0.2) is 30.8 Å². The molecule has 0 aliphatic heterocycles. The van der Waals surface area contributed by atoms with E-state index in [0.717, 1.165) is 5.56 Å². The second kappa shape index (κ2) is 10.1. The fourth-order valence-electron chi connectivity index (χ4n) is 1.51. The highest BCUT2D eigenvalue weighted by molar-refractivity contribution is 5.94. The van der Waals surface area contributed by atoms with Crippen LogP contribution in [0.5, 0.6) is 0 Å². The van der Waals surface area contributed by atoms with Crippen LogP contribution in [0.3, 0.4) is 0 Å². The highest BCUT2D eigenvalue weighted by Gasteiger charge is 2.03. The van der Waals surface area contributed by atoms with Gasteiger partial charge in [-0.05, 0) is 17.7 Å². The van der Waals surface area contributed by atoms with Gasteiger partial charge in [0.1, 0.15) is 0 Å². The van der Waals surface area contributed by atoms with E-state index in [1.54, 1.807) is 18.2 Å². The number of amides is 1. The lowest BCUT2D eigenvalue weighted by Gasteiger charge is -2.07. The summed E-state index contributed by atoms with van der Waals surface area (Å²) in [5.74, 6) is -0.108. The zero-order chi connectivity index (χ0) is 14.6. The minimum absolute atomic E-state index is 0.108. The lowest BCUT2D eigenvalue weighted by molar-refractivity contribution is 0.0511. The first-order chi connectivity index (χ1) is 9.77. The number of ether oxygens (including phenoxy) is 2. The Morgan fingerprint density at radius 3 is 2.40 bits per heavy atom. The molecule has 0 spiro atoms. The van der Waals surface area contributed by atoms with Crippen LogP contribution in [0.1, 0.15) is 15.9 Å². The zero-order valence-electron chi connectivity index (χ0n) is 11.6. The summed E-state index contributed by atoms with van der Waals surface area (Å²) >= 11 is 0. The minimum atomic E-state index is -0.108. The van der Waals surface area contributed by atoms with Gasteiger partial charge in [0, 0.05) is 18.7 Å². The zero-order valence-corrected chi connectivity index (χ0v) is 11.6. The Bertz CT molecular complexity index is 404. The lowest BCUT2D eigenvalue weighted by Crippen LogP contribution is -2.27. The van der Waals surface area contributed by atoms with Gasteiger partial charge in [0.05, 0.1) is 26.4 Å². The molecule has 110 valence electrons. The summed E-state index contributed by atoms with van der Waals surface area (Å²) < 4.78 is 10.5. The van der Waals surface area contributed by atoms with Crippen molar-refractivity contribution < 1.29 is 14.3 Å². The van der Waals surface area contributed by atoms with Crippen LogP contribution in [0.4, 0.5) is 0 Å². The van der Waals surface area contributed by atoms with Crippen LogP contribution in [-0.4, -0.2) is 45.4 Å². The maximum atomic E-state index is 11.8. The van der Waals surface area contributed by atoms with Crippen LogP contribution in [0, 0.1) is 0 Å². The van der Waals surface area contributed by atoms with Gasteiger partial charge < -0.3 is 20.5 Å². The molecule has 0 aromatic heterocycles. The van der Waals surface area contributed by atoms with E-state index in [-0.39, 0.29) is 5.91 Å². The van der Waals surface area contributed by atoms with Crippen LogP contribution in [0.2, 0.25) is 0 Å². The second-order valence-corrected chi connectivity index (χ2v) is 4.10. The number of nitrogens with one attached hydrogen (secondary N) is 1. The Hall–Kier alpha value is -1.69. The van der Waals surface area contributed by atoms with Gasteiger partial charge in [-0.2, -0.15) is 0 Å². The van der Waals surface area contributed by atoms with E-state index in [9.17, 15) is 4.79 Å². The van der Waals surface area contributed by atoms with Crippen molar-refractivity contribution in [2.45, 2.75) is 0 Å². The third kappa shape index (κ3) is 6.47. The SMILES string of the molecule is C=Cc1ccc(C(=O)NCCOCCOCCN)cc1. The average Bonchev–Trinajstić information content (AvgIpc) is 2.50. The van der Waals surface area contributed by atoms with E-state index in [1.165, 1.54) is 0 Å². The third-order valence-electron chi connectivity index (χ3n) is 2.57. The first-order valence-corrected chi connectivity index (χ1v) is 6.64. The van der Waals surface area contributed by atoms with Crippen molar-refractivity contribution in [3.63, 3.8) is 0 Å². The van der Waals surface area contributed by atoms with Crippen LogP contribution in [-0.2, 0) is 9.47 Å². The van der Waals surface area contributed by atoms with Crippen molar-refractivity contribution >= 4 is 12.0 Å². The van der Waals surface area contributed by atoms with E-state index in [4.69, 9.17) is 15.2 Å². The molecule has 0 fully saturated rings. The van der Waals surface area contributed by atoms with Gasteiger partial charge in [-0.25, -0.2) is 0 Å². The first kappa shape index (κ1) is 16.4. The summed E-state index contributed by atoms with van der Waals surface area (Å²) in [6, 6.07) is 7.25. The molecule has 5 heteroatoms. The second-order valence-electron chi connectivity index (χ2n) is 4.10. The largest absolute Gasteiger partial charge is 0.378 e. The molecule has 1 rings (SSSR count). The highest BCUT2D eigenvalue weighted by Crippen LogP contribution is 2.05. The Morgan fingerprint density at radius 2 is 1.80 bits per heavy atom. The molecule has 0 heterocycles. The van der Waals surface area contributed by atoms with Gasteiger partial charge in [0.2, 0.25) is 0 Å². The fourth-order valence-corrected chi connectivity index (χ4v) is 1.51. The summed E-state index contributed by atoms with van der Waals surface area (Å²) in [6.45, 7) is 6.68. The Morgan fingerprint density at radius 1 is 1.15 bits per heavy atom. The maximum absolute atomic E-state index is 11.8. The molecule has 0 saturated carbocycles. The molecule has 0 atom stereocenters. The van der Waals surface area contributed by atoms with Gasteiger partial charge in [-0.15, -0.1) is 0 Å². The Labute approximate surface area is 119 Å². The van der Waals surface area contributed by atoms with Crippen molar-refractivity contribution in [1.29, 1.82) is 0 Å². The molecule has 1 aromatic rings. The number of nitrogens with two attached hydrogens (primary N) is 1. The van der Waals surface area contributed by atoms with E-state index >= 15 is 0 Å². The number of carbonyl (C=O) groups is 1. The fraction of sp³-hybridized carbons (Fsp3) is 0.400. The first-order valence-electron chi connectivity index (χ1n) is 6.64. The number of carbonyl (C=O) groups excluding carboxylic acids is 1. The lowest BCUT2D eigenvalue weighted by atomic mass is 10.1. The molecular formula is C15H22N2O3. The minimum Gasteiger partial charge on any atom is -0.378 e. The maximum Gasteiger partial charge on any atom is 0.251 e. The van der Waals surface area contributed by atoms with Gasteiger partial charge in [0.25, 0.3) is 5.91 Å². The topological polar surface area (TPSA) is 73.6 Å². The van der Waals surface area contributed by atoms with Gasteiger partial charge in [-0.3, -0.25) is 4.79 Å². The molecule has 0 aliphatic rings. The number of hydrogen-bond donors (Lipinski definition) is 2. The monoisotopic (exact) mass is 278 g/mol. The molecule has 0 aliphatic carbocycles. The van der Waals surface area contributed by atoms with E-state index < -0.39 is 0 Å². The molecule has 0 radical (unpaired) electrons. The quantitative estimate of drug-likeness (QED) is 0.627. The van der Waals surface area contributed by atoms with E-state index in [2.05, 4.69) is 11.9 Å². The van der Waals surface area contributed by atoms with Gasteiger partial charge in [-0.1, -0.05) is 24.8 Å². The van der Waals surface area contributed by atoms with Crippen LogP contribution >= 0.6 is 0 Å². The molecule has 5 nitrogen and oxygen atoms in total. The molecule has 20 heavy (non-hydrogen) atoms. The number of rotatable bonds is 10. The van der Waals surface area contributed by atoms with Crippen LogP contribution in [0.25, 0.3) is 6.08 Å². The van der Waals surface area contributed by atoms with Crippen molar-refractivity contribution in [1.82, 2.24) is 5.32 Å². The van der Waals surface area contributed by atoms with Crippen molar-refractivity contribution in [3.8, 4) is 0 Å². The molecule has 1 aromatic carbocycles. The Balaban J connectivity index is 2.12. The van der Waals surface area contributed by atoms with E-state index in [1.807, 2.05) is 12.1 Å². The van der Waals surface area contributed by atoms with E-state index in [0.29, 0.717) is 45.1 Å². The predicted octanol–water partition coefficient (Wildman–Crippen LogP) is 1.05. The summed E-state index contributed by atoms with van der Waals surface area (Å²) in [7, 11) is 0. The summed E-state index contributed by atoms with van der Waals surface area (Å²) in [4.78, 5) is 11.8.